The van der Waals surface area contributed by atoms with Crippen LogP contribution in [-0.4, -0.2) is 0 Å². The van der Waals surface area contributed by atoms with Crippen molar-refractivity contribution in [3.8, 4) is 0 Å². The molecule has 0 spiro atoms. The van der Waals surface area contributed by atoms with Crippen LogP contribution in [0, 0.1) is 6.92 Å². The first-order chi connectivity index (χ1) is 8.99. The molecule has 0 aliphatic rings. The smallest absolute Gasteiger partial charge is 0.0551 e. The summed E-state index contributed by atoms with van der Waals surface area (Å²) >= 11 is 6.05. The lowest BCUT2D eigenvalue weighted by molar-refractivity contribution is 0.847. The first kappa shape index (κ1) is 14.1. The van der Waals surface area contributed by atoms with Crippen molar-refractivity contribution < 1.29 is 0 Å². The molecule has 1 unspecified atom stereocenters. The predicted molar refractivity (Wildman–Crippen MR) is 82.8 cm³/mol. The maximum absolute atomic E-state index is 6.32. The Kier molecular flexibility index (Phi) is 4.28. The fourth-order valence-electron chi connectivity index (χ4n) is 2.14. The molecule has 19 heavy (non-hydrogen) atoms. The minimum atomic E-state index is -0.0998. The Balaban J connectivity index is 2.27. The van der Waals surface area contributed by atoms with Gasteiger partial charge in [0.25, 0.3) is 0 Å². The van der Waals surface area contributed by atoms with E-state index in [4.69, 9.17) is 17.3 Å². The number of benzene rings is 2. The van der Waals surface area contributed by atoms with E-state index >= 15 is 0 Å². The second-order valence-electron chi connectivity index (χ2n) is 5.31. The fourth-order valence-corrected chi connectivity index (χ4v) is 2.26. The first-order valence-electron chi connectivity index (χ1n) is 6.60. The molecule has 1 nitrogen and oxygen atoms in total. The van der Waals surface area contributed by atoms with Gasteiger partial charge in [-0.15, -0.1) is 0 Å². The molecule has 0 saturated heterocycles. The van der Waals surface area contributed by atoms with Gasteiger partial charge in [-0.2, -0.15) is 0 Å². The number of hydrogen-bond donors (Lipinski definition) is 1. The van der Waals surface area contributed by atoms with Crippen LogP contribution < -0.4 is 5.73 Å². The molecule has 0 aromatic heterocycles. The minimum absolute atomic E-state index is 0.0998. The van der Waals surface area contributed by atoms with Gasteiger partial charge in [0.2, 0.25) is 0 Å². The van der Waals surface area contributed by atoms with E-state index in [0.29, 0.717) is 5.92 Å². The maximum atomic E-state index is 6.32. The lowest BCUT2D eigenvalue weighted by Crippen LogP contribution is -2.12. The predicted octanol–water partition coefficient (Wildman–Crippen LogP) is 4.82. The molecule has 0 radical (unpaired) electrons. The van der Waals surface area contributed by atoms with Gasteiger partial charge in [0.15, 0.2) is 0 Å². The number of halogens is 1. The summed E-state index contributed by atoms with van der Waals surface area (Å²) < 4.78 is 0. The van der Waals surface area contributed by atoms with Crippen LogP contribution in [0.2, 0.25) is 5.02 Å². The van der Waals surface area contributed by atoms with Gasteiger partial charge in [-0.05, 0) is 41.2 Å². The van der Waals surface area contributed by atoms with Gasteiger partial charge in [-0.25, -0.2) is 0 Å². The first-order valence-corrected chi connectivity index (χ1v) is 6.98. The number of aryl methyl sites for hydroxylation is 1. The molecule has 0 bridgehead atoms. The average molecular weight is 274 g/mol. The molecule has 2 aromatic rings. The van der Waals surface area contributed by atoms with E-state index in [1.54, 1.807) is 0 Å². The zero-order valence-corrected chi connectivity index (χ0v) is 12.4. The molecular formula is C17H20ClN. The molecule has 0 fully saturated rings. The molecule has 0 saturated carbocycles. The van der Waals surface area contributed by atoms with Gasteiger partial charge in [0.1, 0.15) is 0 Å². The van der Waals surface area contributed by atoms with Crippen LogP contribution in [0.15, 0.2) is 42.5 Å². The van der Waals surface area contributed by atoms with Gasteiger partial charge >= 0.3 is 0 Å². The molecular weight excluding hydrogens is 254 g/mol. The van der Waals surface area contributed by atoms with Gasteiger partial charge < -0.3 is 5.73 Å². The molecule has 100 valence electrons. The Morgan fingerprint density at radius 2 is 1.42 bits per heavy atom. The average Bonchev–Trinajstić information content (AvgIpc) is 2.41. The molecule has 2 N–H and O–H groups in total. The summed E-state index contributed by atoms with van der Waals surface area (Å²) in [6.07, 6.45) is 0. The quantitative estimate of drug-likeness (QED) is 0.852. The third kappa shape index (κ3) is 3.17. The lowest BCUT2D eigenvalue weighted by Gasteiger charge is -2.15. The largest absolute Gasteiger partial charge is 0.320 e. The molecule has 2 rings (SSSR count). The van der Waals surface area contributed by atoms with Gasteiger partial charge in [0, 0.05) is 5.02 Å². The van der Waals surface area contributed by atoms with E-state index in [2.05, 4.69) is 44.2 Å². The van der Waals surface area contributed by atoms with Crippen LogP contribution in [0.25, 0.3) is 0 Å². The van der Waals surface area contributed by atoms with Crippen LogP contribution in [0.4, 0.5) is 0 Å². The summed E-state index contributed by atoms with van der Waals surface area (Å²) in [4.78, 5) is 0. The summed E-state index contributed by atoms with van der Waals surface area (Å²) in [5.74, 6) is 0.544. The zero-order valence-electron chi connectivity index (χ0n) is 11.7. The summed E-state index contributed by atoms with van der Waals surface area (Å²) in [5, 5.41) is 0.783. The second-order valence-corrected chi connectivity index (χ2v) is 5.71. The highest BCUT2D eigenvalue weighted by Gasteiger charge is 2.10. The highest BCUT2D eigenvalue weighted by molar-refractivity contribution is 6.31. The molecule has 1 atom stereocenters. The molecule has 0 heterocycles. The highest BCUT2D eigenvalue weighted by atomic mass is 35.5. The van der Waals surface area contributed by atoms with Crippen molar-refractivity contribution in [1.82, 2.24) is 0 Å². The topological polar surface area (TPSA) is 26.0 Å². The second kappa shape index (κ2) is 5.77. The summed E-state index contributed by atoms with van der Waals surface area (Å²) in [6.45, 7) is 6.38. The van der Waals surface area contributed by atoms with E-state index in [-0.39, 0.29) is 6.04 Å². The van der Waals surface area contributed by atoms with Crippen molar-refractivity contribution in [3.63, 3.8) is 0 Å². The molecule has 0 aliphatic carbocycles. The van der Waals surface area contributed by atoms with Crippen molar-refractivity contribution in [2.24, 2.45) is 5.73 Å². The number of rotatable bonds is 3. The van der Waals surface area contributed by atoms with Gasteiger partial charge in [0.05, 0.1) is 6.04 Å². The highest BCUT2D eigenvalue weighted by Crippen LogP contribution is 2.25. The van der Waals surface area contributed by atoms with Crippen LogP contribution in [-0.2, 0) is 0 Å². The van der Waals surface area contributed by atoms with Crippen molar-refractivity contribution in [2.75, 3.05) is 0 Å². The van der Waals surface area contributed by atoms with Crippen molar-refractivity contribution in [2.45, 2.75) is 32.7 Å². The molecule has 2 aromatic carbocycles. The van der Waals surface area contributed by atoms with E-state index in [1.165, 1.54) is 5.56 Å². The monoisotopic (exact) mass is 273 g/mol. The van der Waals surface area contributed by atoms with Crippen molar-refractivity contribution in [1.29, 1.82) is 0 Å². The normalized spacial score (nSPS) is 12.7. The molecule has 0 aliphatic heterocycles. The van der Waals surface area contributed by atoms with Crippen LogP contribution in [0.3, 0.4) is 0 Å². The molecule has 2 heteroatoms. The summed E-state index contributed by atoms with van der Waals surface area (Å²) in [7, 11) is 0. The number of nitrogens with two attached hydrogens (primary N) is 1. The Morgan fingerprint density at radius 1 is 0.895 bits per heavy atom. The minimum Gasteiger partial charge on any atom is -0.320 e. The van der Waals surface area contributed by atoms with Crippen LogP contribution in [0.1, 0.15) is 48.1 Å². The lowest BCUT2D eigenvalue weighted by atomic mass is 9.95. The van der Waals surface area contributed by atoms with Crippen LogP contribution in [0.5, 0.6) is 0 Å². The van der Waals surface area contributed by atoms with Crippen molar-refractivity contribution >= 4 is 11.6 Å². The van der Waals surface area contributed by atoms with E-state index in [1.807, 2.05) is 19.1 Å². The summed E-state index contributed by atoms with van der Waals surface area (Å²) in [5.41, 5.74) is 10.9. The fraction of sp³-hybridized carbons (Fsp3) is 0.294. The Hall–Kier alpha value is -1.31. The van der Waals surface area contributed by atoms with E-state index in [0.717, 1.165) is 21.7 Å². The SMILES string of the molecule is Cc1cc(C(N)c2ccc(C(C)C)cc2)ccc1Cl. The Labute approximate surface area is 120 Å². The van der Waals surface area contributed by atoms with E-state index < -0.39 is 0 Å². The zero-order chi connectivity index (χ0) is 14.0. The third-order valence-corrected chi connectivity index (χ3v) is 3.93. The standard InChI is InChI=1S/C17H20ClN/c1-11(2)13-4-6-14(7-5-13)17(19)15-8-9-16(18)12(3)10-15/h4-11,17H,19H2,1-3H3. The van der Waals surface area contributed by atoms with Gasteiger partial charge in [-0.1, -0.05) is 61.8 Å². The Bertz CT molecular complexity index is 558. The van der Waals surface area contributed by atoms with Crippen LogP contribution >= 0.6 is 11.6 Å². The Morgan fingerprint density at radius 3 is 1.95 bits per heavy atom. The summed E-state index contributed by atoms with van der Waals surface area (Å²) in [6, 6.07) is 14.4. The maximum Gasteiger partial charge on any atom is 0.0551 e. The van der Waals surface area contributed by atoms with Crippen molar-refractivity contribution in [3.05, 3.63) is 69.7 Å². The third-order valence-electron chi connectivity index (χ3n) is 3.50. The van der Waals surface area contributed by atoms with E-state index in [9.17, 15) is 0 Å². The number of hydrogen-bond acceptors (Lipinski definition) is 1. The molecule has 0 amide bonds. The van der Waals surface area contributed by atoms with Gasteiger partial charge in [-0.3, -0.25) is 0 Å².